The van der Waals surface area contributed by atoms with Crippen molar-refractivity contribution in [3.8, 4) is 0 Å². The van der Waals surface area contributed by atoms with E-state index in [1.165, 1.54) is 0 Å². The third-order valence-electron chi connectivity index (χ3n) is 2.51. The number of amides is 1. The van der Waals surface area contributed by atoms with Crippen LogP contribution in [0, 0.1) is 5.92 Å². The lowest BCUT2D eigenvalue weighted by Gasteiger charge is -2.18. The number of rotatable bonds is 10. The summed E-state index contributed by atoms with van der Waals surface area (Å²) in [5.41, 5.74) is 0. The predicted molar refractivity (Wildman–Crippen MR) is 77.3 cm³/mol. The lowest BCUT2D eigenvalue weighted by atomic mass is 10.1. The Morgan fingerprint density at radius 2 is 1.76 bits per heavy atom. The van der Waals surface area contributed by atoms with Gasteiger partial charge in [-0.1, -0.05) is 13.8 Å². The Labute approximate surface area is 125 Å². The van der Waals surface area contributed by atoms with Gasteiger partial charge in [0.25, 0.3) is 0 Å². The fourth-order valence-electron chi connectivity index (χ4n) is 1.38. The maximum Gasteiger partial charge on any atom is 0.326 e. The summed E-state index contributed by atoms with van der Waals surface area (Å²) < 4.78 is 30.4. The molecule has 0 rings (SSSR count). The highest BCUT2D eigenvalue weighted by atomic mass is 32.2. The van der Waals surface area contributed by atoms with Crippen molar-refractivity contribution < 1.29 is 27.9 Å². The summed E-state index contributed by atoms with van der Waals surface area (Å²) in [5, 5.41) is 11.2. The normalized spacial score (nSPS) is 13.4. The third-order valence-corrected chi connectivity index (χ3v) is 3.79. The van der Waals surface area contributed by atoms with Gasteiger partial charge in [0.1, 0.15) is 6.04 Å². The minimum atomic E-state index is -3.63. The molecule has 1 amide bonds. The quantitative estimate of drug-likeness (QED) is 0.500. The van der Waals surface area contributed by atoms with Gasteiger partial charge in [-0.25, -0.2) is 17.9 Å². The molecule has 0 saturated heterocycles. The molecule has 0 unspecified atom stereocenters. The van der Waals surface area contributed by atoms with Crippen LogP contribution in [0.15, 0.2) is 0 Å². The van der Waals surface area contributed by atoms with Gasteiger partial charge in [0.05, 0.1) is 25.0 Å². The first-order valence-electron chi connectivity index (χ1n) is 6.66. The van der Waals surface area contributed by atoms with Crippen LogP contribution in [0.3, 0.4) is 0 Å². The SMILES string of the molecule is CC(C)OCCS(=O)(=O)NCC(=O)N[C@@H](C(=O)O)C(C)C. The third kappa shape index (κ3) is 9.38. The van der Waals surface area contributed by atoms with Gasteiger partial charge in [0.2, 0.25) is 15.9 Å². The highest BCUT2D eigenvalue weighted by Crippen LogP contribution is 2.01. The second-order valence-electron chi connectivity index (χ2n) is 5.19. The molecule has 3 N–H and O–H groups in total. The number of hydrogen-bond acceptors (Lipinski definition) is 5. The molecular weight excluding hydrogens is 300 g/mol. The van der Waals surface area contributed by atoms with Crippen molar-refractivity contribution in [2.45, 2.75) is 39.8 Å². The van der Waals surface area contributed by atoms with Crippen LogP contribution in [0.1, 0.15) is 27.7 Å². The smallest absolute Gasteiger partial charge is 0.326 e. The minimum absolute atomic E-state index is 0.0262. The maximum absolute atomic E-state index is 11.6. The Hall–Kier alpha value is -1.19. The van der Waals surface area contributed by atoms with Crippen molar-refractivity contribution in [2.75, 3.05) is 18.9 Å². The van der Waals surface area contributed by atoms with Crippen molar-refractivity contribution >= 4 is 21.9 Å². The predicted octanol–water partition coefficient (Wildman–Crippen LogP) is -0.444. The van der Waals surface area contributed by atoms with Crippen molar-refractivity contribution in [2.24, 2.45) is 5.92 Å². The van der Waals surface area contributed by atoms with E-state index in [0.717, 1.165) is 0 Å². The largest absolute Gasteiger partial charge is 0.480 e. The number of hydrogen-bond donors (Lipinski definition) is 3. The van der Waals surface area contributed by atoms with Crippen LogP contribution in [0.2, 0.25) is 0 Å². The number of carbonyl (C=O) groups excluding carboxylic acids is 1. The summed E-state index contributed by atoms with van der Waals surface area (Å²) in [6, 6.07) is -1.05. The number of ether oxygens (including phenoxy) is 1. The average Bonchev–Trinajstić information content (AvgIpc) is 2.32. The lowest BCUT2D eigenvalue weighted by molar-refractivity contribution is -0.142. The van der Waals surface area contributed by atoms with E-state index >= 15 is 0 Å². The molecule has 21 heavy (non-hydrogen) atoms. The van der Waals surface area contributed by atoms with Gasteiger partial charge in [-0.2, -0.15) is 0 Å². The van der Waals surface area contributed by atoms with Gasteiger partial charge >= 0.3 is 5.97 Å². The zero-order chi connectivity index (χ0) is 16.6. The molecule has 9 heteroatoms. The highest BCUT2D eigenvalue weighted by Gasteiger charge is 2.23. The first-order valence-corrected chi connectivity index (χ1v) is 8.31. The topological polar surface area (TPSA) is 122 Å². The Kier molecular flexibility index (Phi) is 8.45. The molecular formula is C12H24N2O6S. The molecule has 0 aromatic carbocycles. The van der Waals surface area contributed by atoms with Gasteiger partial charge < -0.3 is 15.2 Å². The van der Waals surface area contributed by atoms with Gasteiger partial charge in [-0.05, 0) is 19.8 Å². The minimum Gasteiger partial charge on any atom is -0.480 e. The van der Waals surface area contributed by atoms with Gasteiger partial charge in [0, 0.05) is 0 Å². The zero-order valence-electron chi connectivity index (χ0n) is 12.8. The first-order chi connectivity index (χ1) is 9.55. The molecule has 0 fully saturated rings. The lowest BCUT2D eigenvalue weighted by Crippen LogP contribution is -2.48. The van der Waals surface area contributed by atoms with E-state index in [-0.39, 0.29) is 24.4 Å². The number of aliphatic carboxylic acids is 1. The van der Waals surface area contributed by atoms with E-state index in [2.05, 4.69) is 10.0 Å². The average molecular weight is 324 g/mol. The summed E-state index contributed by atoms with van der Waals surface area (Å²) in [5.74, 6) is -2.41. The Balaban J connectivity index is 4.25. The molecule has 0 aliphatic rings. The van der Waals surface area contributed by atoms with E-state index in [9.17, 15) is 18.0 Å². The van der Waals surface area contributed by atoms with Crippen LogP contribution >= 0.6 is 0 Å². The molecule has 0 spiro atoms. The van der Waals surface area contributed by atoms with Crippen molar-refractivity contribution in [3.05, 3.63) is 0 Å². The summed E-state index contributed by atoms with van der Waals surface area (Å²) in [6.45, 7) is 6.38. The fraction of sp³-hybridized carbons (Fsp3) is 0.833. The van der Waals surface area contributed by atoms with Crippen molar-refractivity contribution in [1.82, 2.24) is 10.0 Å². The molecule has 0 aliphatic carbocycles. The van der Waals surface area contributed by atoms with Crippen LogP contribution in [-0.4, -0.2) is 56.5 Å². The van der Waals surface area contributed by atoms with E-state index in [1.807, 2.05) is 0 Å². The number of nitrogens with one attached hydrogen (secondary N) is 2. The highest BCUT2D eigenvalue weighted by molar-refractivity contribution is 7.89. The number of sulfonamides is 1. The molecule has 0 radical (unpaired) electrons. The maximum atomic E-state index is 11.6. The molecule has 0 saturated carbocycles. The van der Waals surface area contributed by atoms with Gasteiger partial charge in [0.15, 0.2) is 0 Å². The number of carboxylic acid groups (broad SMARTS) is 1. The van der Waals surface area contributed by atoms with E-state index in [0.29, 0.717) is 0 Å². The molecule has 8 nitrogen and oxygen atoms in total. The summed E-state index contributed by atoms with van der Waals surface area (Å²) in [4.78, 5) is 22.5. The molecule has 0 aliphatic heterocycles. The Morgan fingerprint density at radius 3 is 2.19 bits per heavy atom. The molecule has 0 aromatic heterocycles. The second-order valence-corrected chi connectivity index (χ2v) is 7.11. The van der Waals surface area contributed by atoms with E-state index in [4.69, 9.17) is 9.84 Å². The Bertz CT molecular complexity index is 447. The first kappa shape index (κ1) is 19.8. The molecule has 124 valence electrons. The second kappa shape index (κ2) is 8.96. The van der Waals surface area contributed by atoms with Crippen LogP contribution in [0.25, 0.3) is 0 Å². The molecule has 0 bridgehead atoms. The van der Waals surface area contributed by atoms with Gasteiger partial charge in [-0.3, -0.25) is 4.79 Å². The summed E-state index contributed by atoms with van der Waals surface area (Å²) >= 11 is 0. The fourth-order valence-corrected chi connectivity index (χ4v) is 2.19. The van der Waals surface area contributed by atoms with Crippen LogP contribution in [0.5, 0.6) is 0 Å². The van der Waals surface area contributed by atoms with Gasteiger partial charge in [-0.15, -0.1) is 0 Å². The standard InChI is InChI=1S/C12H24N2O6S/c1-8(2)11(12(16)17)14-10(15)7-13-21(18,19)6-5-20-9(3)4/h8-9,11,13H,5-7H2,1-4H3,(H,14,15)(H,16,17)/t11-/m1/s1. The van der Waals surface area contributed by atoms with Crippen LogP contribution in [0.4, 0.5) is 0 Å². The van der Waals surface area contributed by atoms with Crippen LogP contribution in [-0.2, 0) is 24.3 Å². The van der Waals surface area contributed by atoms with E-state index < -0.39 is 34.5 Å². The number of carboxylic acids is 1. The zero-order valence-corrected chi connectivity index (χ0v) is 13.6. The van der Waals surface area contributed by atoms with Crippen molar-refractivity contribution in [3.63, 3.8) is 0 Å². The summed E-state index contributed by atoms with van der Waals surface area (Å²) in [7, 11) is -3.63. The molecule has 0 heterocycles. The monoisotopic (exact) mass is 324 g/mol. The molecule has 1 atom stereocenters. The molecule has 0 aromatic rings. The van der Waals surface area contributed by atoms with Crippen LogP contribution < -0.4 is 10.0 Å². The summed E-state index contributed by atoms with van der Waals surface area (Å²) in [6.07, 6.45) is -0.0779. The van der Waals surface area contributed by atoms with Crippen molar-refractivity contribution in [1.29, 1.82) is 0 Å². The Morgan fingerprint density at radius 1 is 1.19 bits per heavy atom. The number of carbonyl (C=O) groups is 2. The van der Waals surface area contributed by atoms with E-state index in [1.54, 1.807) is 27.7 Å².